The molecular formula is C22H29N5O. The Labute approximate surface area is 167 Å². The van der Waals surface area contributed by atoms with Crippen molar-refractivity contribution in [1.29, 1.82) is 0 Å². The molecule has 0 atom stereocenters. The second-order valence-corrected chi connectivity index (χ2v) is 7.64. The molecule has 0 aliphatic carbocycles. The highest BCUT2D eigenvalue weighted by Gasteiger charge is 2.22. The average molecular weight is 380 g/mol. The lowest BCUT2D eigenvalue weighted by Gasteiger charge is -2.34. The van der Waals surface area contributed by atoms with Gasteiger partial charge in [-0.25, -0.2) is 9.97 Å². The summed E-state index contributed by atoms with van der Waals surface area (Å²) >= 11 is 0. The van der Waals surface area contributed by atoms with E-state index in [0.717, 1.165) is 83.0 Å². The van der Waals surface area contributed by atoms with Gasteiger partial charge in [-0.15, -0.1) is 0 Å². The van der Waals surface area contributed by atoms with Crippen LogP contribution in [0.25, 0.3) is 0 Å². The highest BCUT2D eigenvalue weighted by molar-refractivity contribution is 5.96. The zero-order valence-electron chi connectivity index (χ0n) is 16.5. The van der Waals surface area contributed by atoms with E-state index in [9.17, 15) is 4.79 Å². The Morgan fingerprint density at radius 3 is 2.43 bits per heavy atom. The number of hydrogen-bond donors (Lipinski definition) is 0. The standard InChI is InChI=1S/C22H29N5O/c28-21-20-9-2-1-7-19(20)8-5-14-26(21)13-4-3-12-25-15-17-27(18-16-25)22-23-10-6-11-24-22/h1-2,6-7,9-11H,3-5,8,12-18H2. The van der Waals surface area contributed by atoms with E-state index in [1.807, 2.05) is 24.3 Å². The fraction of sp³-hybridized carbons (Fsp3) is 0.500. The van der Waals surface area contributed by atoms with Gasteiger partial charge in [-0.05, 0) is 49.9 Å². The summed E-state index contributed by atoms with van der Waals surface area (Å²) in [4.78, 5) is 28.3. The van der Waals surface area contributed by atoms with Gasteiger partial charge in [0.1, 0.15) is 0 Å². The Morgan fingerprint density at radius 2 is 1.61 bits per heavy atom. The SMILES string of the molecule is O=C1c2ccccc2CCCN1CCCCN1CCN(c2ncccn2)CC1. The van der Waals surface area contributed by atoms with Crippen molar-refractivity contribution in [2.45, 2.75) is 25.7 Å². The van der Waals surface area contributed by atoms with Crippen LogP contribution in [0.2, 0.25) is 0 Å². The average Bonchev–Trinajstić information content (AvgIpc) is 2.91. The van der Waals surface area contributed by atoms with E-state index >= 15 is 0 Å². The maximum absolute atomic E-state index is 12.8. The van der Waals surface area contributed by atoms with Crippen molar-refractivity contribution in [3.8, 4) is 0 Å². The number of carbonyl (C=O) groups is 1. The molecule has 1 fully saturated rings. The normalized spacial score (nSPS) is 18.1. The second kappa shape index (κ2) is 9.15. The molecule has 1 amide bonds. The summed E-state index contributed by atoms with van der Waals surface area (Å²) in [6, 6.07) is 9.93. The van der Waals surface area contributed by atoms with E-state index in [1.165, 1.54) is 5.56 Å². The lowest BCUT2D eigenvalue weighted by Crippen LogP contribution is -2.47. The maximum atomic E-state index is 12.8. The maximum Gasteiger partial charge on any atom is 0.254 e. The number of fused-ring (bicyclic) bond motifs is 1. The van der Waals surface area contributed by atoms with Crippen LogP contribution in [0.3, 0.4) is 0 Å². The zero-order valence-corrected chi connectivity index (χ0v) is 16.5. The van der Waals surface area contributed by atoms with Gasteiger partial charge < -0.3 is 9.80 Å². The first-order valence-corrected chi connectivity index (χ1v) is 10.4. The van der Waals surface area contributed by atoms with Gasteiger partial charge in [-0.2, -0.15) is 0 Å². The summed E-state index contributed by atoms with van der Waals surface area (Å²) in [7, 11) is 0. The molecule has 28 heavy (non-hydrogen) atoms. The van der Waals surface area contributed by atoms with Crippen LogP contribution in [-0.2, 0) is 6.42 Å². The first kappa shape index (κ1) is 18.9. The van der Waals surface area contributed by atoms with Crippen molar-refractivity contribution in [2.75, 3.05) is 50.7 Å². The van der Waals surface area contributed by atoms with Crippen LogP contribution in [0, 0.1) is 0 Å². The van der Waals surface area contributed by atoms with E-state index < -0.39 is 0 Å². The third kappa shape index (κ3) is 4.50. The summed E-state index contributed by atoms with van der Waals surface area (Å²) in [6.45, 7) is 6.90. The highest BCUT2D eigenvalue weighted by atomic mass is 16.2. The molecule has 1 saturated heterocycles. The molecule has 0 radical (unpaired) electrons. The molecule has 2 aromatic rings. The quantitative estimate of drug-likeness (QED) is 0.722. The van der Waals surface area contributed by atoms with Crippen LogP contribution in [0.15, 0.2) is 42.7 Å². The number of unbranched alkanes of at least 4 members (excludes halogenated alkanes) is 1. The van der Waals surface area contributed by atoms with E-state index in [4.69, 9.17) is 0 Å². The summed E-state index contributed by atoms with van der Waals surface area (Å²) in [5, 5.41) is 0. The molecule has 4 rings (SSSR count). The first-order chi connectivity index (χ1) is 13.8. The number of carbonyl (C=O) groups excluding carboxylic acids is 1. The Kier molecular flexibility index (Phi) is 6.17. The number of nitrogens with zero attached hydrogens (tertiary/aromatic N) is 5. The Morgan fingerprint density at radius 1 is 0.857 bits per heavy atom. The number of anilines is 1. The monoisotopic (exact) mass is 379 g/mol. The minimum atomic E-state index is 0.213. The van der Waals surface area contributed by atoms with E-state index in [2.05, 4.69) is 30.7 Å². The van der Waals surface area contributed by atoms with Gasteiger partial charge in [-0.3, -0.25) is 9.69 Å². The predicted molar refractivity (Wildman–Crippen MR) is 111 cm³/mol. The molecule has 1 aromatic heterocycles. The van der Waals surface area contributed by atoms with E-state index in [-0.39, 0.29) is 5.91 Å². The fourth-order valence-electron chi connectivity index (χ4n) is 4.16. The van der Waals surface area contributed by atoms with Crippen molar-refractivity contribution in [1.82, 2.24) is 19.8 Å². The predicted octanol–water partition coefficient (Wildman–Crippen LogP) is 2.47. The van der Waals surface area contributed by atoms with Crippen LogP contribution >= 0.6 is 0 Å². The molecular weight excluding hydrogens is 350 g/mol. The van der Waals surface area contributed by atoms with Crippen molar-refractivity contribution >= 4 is 11.9 Å². The lowest BCUT2D eigenvalue weighted by atomic mass is 10.0. The lowest BCUT2D eigenvalue weighted by molar-refractivity contribution is 0.0756. The Bertz CT molecular complexity index is 774. The van der Waals surface area contributed by atoms with Crippen molar-refractivity contribution in [3.63, 3.8) is 0 Å². The van der Waals surface area contributed by atoms with Crippen LogP contribution in [-0.4, -0.2) is 71.5 Å². The van der Waals surface area contributed by atoms with Gasteiger partial charge in [0, 0.05) is 57.2 Å². The molecule has 148 valence electrons. The van der Waals surface area contributed by atoms with Crippen molar-refractivity contribution in [2.24, 2.45) is 0 Å². The molecule has 0 bridgehead atoms. The van der Waals surface area contributed by atoms with E-state index in [0.29, 0.717) is 0 Å². The van der Waals surface area contributed by atoms with Gasteiger partial charge in [-0.1, -0.05) is 18.2 Å². The van der Waals surface area contributed by atoms with Gasteiger partial charge >= 0.3 is 0 Å². The zero-order chi connectivity index (χ0) is 19.2. The Hall–Kier alpha value is -2.47. The molecule has 0 spiro atoms. The minimum Gasteiger partial charge on any atom is -0.339 e. The molecule has 3 heterocycles. The molecule has 6 nitrogen and oxygen atoms in total. The van der Waals surface area contributed by atoms with Crippen molar-refractivity contribution < 1.29 is 4.79 Å². The molecule has 0 N–H and O–H groups in total. The number of amides is 1. The van der Waals surface area contributed by atoms with Crippen LogP contribution in [0.1, 0.15) is 35.2 Å². The van der Waals surface area contributed by atoms with Gasteiger partial charge in [0.05, 0.1) is 0 Å². The van der Waals surface area contributed by atoms with Gasteiger partial charge in [0.2, 0.25) is 5.95 Å². The number of rotatable bonds is 6. The fourth-order valence-corrected chi connectivity index (χ4v) is 4.16. The van der Waals surface area contributed by atoms with Crippen LogP contribution < -0.4 is 4.90 Å². The number of aromatic nitrogens is 2. The minimum absolute atomic E-state index is 0.213. The second-order valence-electron chi connectivity index (χ2n) is 7.64. The molecule has 0 saturated carbocycles. The molecule has 1 aromatic carbocycles. The van der Waals surface area contributed by atoms with E-state index in [1.54, 1.807) is 12.4 Å². The number of benzene rings is 1. The summed E-state index contributed by atoms with van der Waals surface area (Å²) in [6.07, 6.45) is 7.87. The third-order valence-electron chi connectivity index (χ3n) is 5.77. The third-order valence-corrected chi connectivity index (χ3v) is 5.77. The smallest absolute Gasteiger partial charge is 0.254 e. The van der Waals surface area contributed by atoms with Crippen LogP contribution in [0.4, 0.5) is 5.95 Å². The highest BCUT2D eigenvalue weighted by Crippen LogP contribution is 2.19. The largest absolute Gasteiger partial charge is 0.339 e. The van der Waals surface area contributed by atoms with Crippen LogP contribution in [0.5, 0.6) is 0 Å². The summed E-state index contributed by atoms with van der Waals surface area (Å²) in [5.41, 5.74) is 2.11. The van der Waals surface area contributed by atoms with Gasteiger partial charge in [0.25, 0.3) is 5.91 Å². The number of hydrogen-bond acceptors (Lipinski definition) is 5. The van der Waals surface area contributed by atoms with Crippen molar-refractivity contribution in [3.05, 3.63) is 53.9 Å². The molecule has 2 aliphatic rings. The summed E-state index contributed by atoms with van der Waals surface area (Å²) < 4.78 is 0. The number of aryl methyl sites for hydroxylation is 1. The molecule has 2 aliphatic heterocycles. The summed E-state index contributed by atoms with van der Waals surface area (Å²) in [5.74, 6) is 1.05. The Balaban J connectivity index is 1.19. The van der Waals surface area contributed by atoms with Gasteiger partial charge in [0.15, 0.2) is 0 Å². The number of piperazine rings is 1. The first-order valence-electron chi connectivity index (χ1n) is 10.4. The molecule has 6 heteroatoms. The topological polar surface area (TPSA) is 52.6 Å². The molecule has 0 unspecified atom stereocenters.